The van der Waals surface area contributed by atoms with Crippen LogP contribution in [0.2, 0.25) is 5.02 Å². The van der Waals surface area contributed by atoms with E-state index < -0.39 is 23.3 Å². The van der Waals surface area contributed by atoms with Gasteiger partial charge in [-0.25, -0.2) is 4.68 Å². The molecule has 0 saturated heterocycles. The summed E-state index contributed by atoms with van der Waals surface area (Å²) in [6.45, 7) is 0.448. The van der Waals surface area contributed by atoms with E-state index in [9.17, 15) is 18.0 Å². The van der Waals surface area contributed by atoms with Crippen LogP contribution in [0.5, 0.6) is 11.6 Å². The van der Waals surface area contributed by atoms with Gasteiger partial charge >= 0.3 is 6.18 Å². The van der Waals surface area contributed by atoms with E-state index in [2.05, 4.69) is 15.3 Å². The number of halogens is 4. The molecule has 32 heavy (non-hydrogen) atoms. The third-order valence-electron chi connectivity index (χ3n) is 4.39. The van der Waals surface area contributed by atoms with Crippen LogP contribution in [-0.2, 0) is 6.18 Å². The van der Waals surface area contributed by atoms with Gasteiger partial charge in [0.1, 0.15) is 5.75 Å². The first kappa shape index (κ1) is 23.3. The summed E-state index contributed by atoms with van der Waals surface area (Å²) in [6, 6.07) is 9.36. The average Bonchev–Trinajstić information content (AvgIpc) is 3.23. The van der Waals surface area contributed by atoms with Crippen LogP contribution in [0.1, 0.15) is 22.5 Å². The van der Waals surface area contributed by atoms with Crippen LogP contribution >= 0.6 is 11.6 Å². The molecule has 0 atom stereocenters. The minimum Gasteiger partial charge on any atom is -0.494 e. The van der Waals surface area contributed by atoms with Crippen LogP contribution in [-0.4, -0.2) is 58.1 Å². The van der Waals surface area contributed by atoms with Crippen LogP contribution in [0.15, 0.2) is 42.6 Å². The minimum absolute atomic E-state index is 0.131. The van der Waals surface area contributed by atoms with Crippen molar-refractivity contribution in [2.45, 2.75) is 12.6 Å². The van der Waals surface area contributed by atoms with Crippen LogP contribution in [0.3, 0.4) is 0 Å². The number of nitrogens with zero attached hydrogens (tertiary/aromatic N) is 5. The normalized spacial score (nSPS) is 11.3. The molecular formula is C20H19ClF3N5O3. The van der Waals surface area contributed by atoms with E-state index in [-0.39, 0.29) is 24.8 Å². The molecular weight excluding hydrogens is 451 g/mol. The summed E-state index contributed by atoms with van der Waals surface area (Å²) < 4.78 is 52.3. The van der Waals surface area contributed by atoms with Gasteiger partial charge in [0.05, 0.1) is 25.5 Å². The lowest BCUT2D eigenvalue weighted by Crippen LogP contribution is -2.30. The number of methoxy groups -OCH3 is 1. The Kier molecular flexibility index (Phi) is 7.18. The molecule has 0 unspecified atom stereocenters. The Balaban J connectivity index is 1.70. The number of carbonyl (C=O) groups is 1. The highest BCUT2D eigenvalue weighted by Crippen LogP contribution is 2.34. The number of alkyl halides is 3. The van der Waals surface area contributed by atoms with E-state index in [1.807, 2.05) is 0 Å². The monoisotopic (exact) mass is 469 g/mol. The third kappa shape index (κ3) is 5.47. The van der Waals surface area contributed by atoms with Crippen molar-refractivity contribution in [2.75, 3.05) is 27.3 Å². The van der Waals surface area contributed by atoms with E-state index in [1.54, 1.807) is 24.3 Å². The fourth-order valence-corrected chi connectivity index (χ4v) is 2.94. The van der Waals surface area contributed by atoms with Crippen molar-refractivity contribution in [2.24, 2.45) is 0 Å². The van der Waals surface area contributed by atoms with Crippen molar-refractivity contribution in [3.8, 4) is 17.4 Å². The minimum atomic E-state index is -4.85. The summed E-state index contributed by atoms with van der Waals surface area (Å²) in [5.41, 5.74) is -1.82. The highest BCUT2D eigenvalue weighted by atomic mass is 35.5. The lowest BCUT2D eigenvalue weighted by molar-refractivity contribution is -0.143. The summed E-state index contributed by atoms with van der Waals surface area (Å²) in [6.07, 6.45) is -3.57. The molecule has 0 saturated carbocycles. The van der Waals surface area contributed by atoms with E-state index >= 15 is 0 Å². The first-order valence-corrected chi connectivity index (χ1v) is 9.75. The molecule has 3 aromatic rings. The van der Waals surface area contributed by atoms with Crippen LogP contribution in [0, 0.1) is 0 Å². The predicted molar refractivity (Wildman–Crippen MR) is 109 cm³/mol. The topological polar surface area (TPSA) is 82.4 Å². The maximum atomic E-state index is 13.8. The van der Waals surface area contributed by atoms with Gasteiger partial charge in [0.2, 0.25) is 5.88 Å². The van der Waals surface area contributed by atoms with Crippen molar-refractivity contribution in [3.63, 3.8) is 0 Å². The summed E-state index contributed by atoms with van der Waals surface area (Å²) >= 11 is 5.81. The zero-order valence-electron chi connectivity index (χ0n) is 17.1. The molecule has 1 amide bonds. The first-order chi connectivity index (χ1) is 15.2. The predicted octanol–water partition coefficient (Wildman–Crippen LogP) is 3.88. The number of carbonyl (C=O) groups excluding carboxylic acids is 1. The van der Waals surface area contributed by atoms with Crippen LogP contribution in [0.4, 0.5) is 13.2 Å². The van der Waals surface area contributed by atoms with Gasteiger partial charge in [0.15, 0.2) is 11.5 Å². The van der Waals surface area contributed by atoms with E-state index in [4.69, 9.17) is 21.1 Å². The molecule has 0 spiro atoms. The Hall–Kier alpha value is -3.34. The molecule has 2 aromatic heterocycles. The molecule has 0 bridgehead atoms. The fraction of sp³-hybridized carbons (Fsp3) is 0.300. The average molecular weight is 470 g/mol. The standard InChI is InChI=1S/C20H19ClF3N5O3/c1-28(10-3-11-32-14-6-4-13(21)5-7-14)19(30)15-12-25-29(18(15)20(22,23)24)16-8-9-17(31-2)27-26-16/h4-9,12H,3,10-11H2,1-2H3. The SMILES string of the molecule is COc1ccc(-n2ncc(C(=O)N(C)CCCOc3ccc(Cl)cc3)c2C(F)(F)F)nn1. The van der Waals surface area contributed by atoms with Crippen LogP contribution in [0.25, 0.3) is 5.82 Å². The molecule has 12 heteroatoms. The van der Waals surface area contributed by atoms with Gasteiger partial charge in [-0.05, 0) is 36.8 Å². The molecule has 0 radical (unpaired) electrons. The number of benzene rings is 1. The van der Waals surface area contributed by atoms with Crippen molar-refractivity contribution in [1.29, 1.82) is 0 Å². The zero-order chi connectivity index (χ0) is 23.3. The Morgan fingerprint density at radius 3 is 2.47 bits per heavy atom. The summed E-state index contributed by atoms with van der Waals surface area (Å²) in [4.78, 5) is 13.9. The number of hydrogen-bond acceptors (Lipinski definition) is 6. The van der Waals surface area contributed by atoms with Gasteiger partial charge in [-0.2, -0.15) is 18.3 Å². The molecule has 2 heterocycles. The van der Waals surface area contributed by atoms with E-state index in [0.29, 0.717) is 21.9 Å². The molecule has 0 aliphatic heterocycles. The molecule has 1 aromatic carbocycles. The second kappa shape index (κ2) is 9.86. The van der Waals surface area contributed by atoms with Gasteiger partial charge in [-0.1, -0.05) is 11.6 Å². The number of ether oxygens (including phenoxy) is 2. The summed E-state index contributed by atoms with van der Waals surface area (Å²) in [5, 5.41) is 11.6. The zero-order valence-corrected chi connectivity index (χ0v) is 17.9. The highest BCUT2D eigenvalue weighted by molar-refractivity contribution is 6.30. The van der Waals surface area contributed by atoms with Gasteiger partial charge in [-0.3, -0.25) is 4.79 Å². The molecule has 0 aliphatic rings. The second-order valence-corrected chi connectivity index (χ2v) is 7.07. The third-order valence-corrected chi connectivity index (χ3v) is 4.64. The van der Waals surface area contributed by atoms with Crippen LogP contribution < -0.4 is 9.47 Å². The summed E-state index contributed by atoms with van der Waals surface area (Å²) in [7, 11) is 2.77. The van der Waals surface area contributed by atoms with E-state index in [1.165, 1.54) is 31.2 Å². The van der Waals surface area contributed by atoms with Crippen molar-refractivity contribution < 1.29 is 27.4 Å². The Morgan fingerprint density at radius 1 is 1.16 bits per heavy atom. The maximum absolute atomic E-state index is 13.8. The van der Waals surface area contributed by atoms with Crippen molar-refractivity contribution in [1.82, 2.24) is 24.9 Å². The number of rotatable bonds is 8. The van der Waals surface area contributed by atoms with Gasteiger partial charge in [-0.15, -0.1) is 10.2 Å². The van der Waals surface area contributed by atoms with Gasteiger partial charge in [0, 0.05) is 24.7 Å². The lowest BCUT2D eigenvalue weighted by atomic mass is 10.2. The number of hydrogen-bond donors (Lipinski definition) is 0. The molecule has 8 nitrogen and oxygen atoms in total. The van der Waals surface area contributed by atoms with Gasteiger partial charge in [0.25, 0.3) is 5.91 Å². The van der Waals surface area contributed by atoms with Crippen molar-refractivity contribution in [3.05, 3.63) is 58.9 Å². The number of amides is 1. The summed E-state index contributed by atoms with van der Waals surface area (Å²) in [5.74, 6) is -0.288. The largest absolute Gasteiger partial charge is 0.494 e. The van der Waals surface area contributed by atoms with Gasteiger partial charge < -0.3 is 14.4 Å². The number of aromatic nitrogens is 4. The Labute approximate surface area is 186 Å². The highest BCUT2D eigenvalue weighted by Gasteiger charge is 2.41. The molecule has 0 fully saturated rings. The second-order valence-electron chi connectivity index (χ2n) is 6.63. The molecule has 170 valence electrons. The molecule has 0 N–H and O–H groups in total. The fourth-order valence-electron chi connectivity index (χ4n) is 2.82. The first-order valence-electron chi connectivity index (χ1n) is 9.38. The molecule has 3 rings (SSSR count). The molecule has 0 aliphatic carbocycles. The smallest absolute Gasteiger partial charge is 0.434 e. The Bertz CT molecular complexity index is 1060. The van der Waals surface area contributed by atoms with Crippen molar-refractivity contribution >= 4 is 17.5 Å². The Morgan fingerprint density at radius 2 is 1.88 bits per heavy atom. The van der Waals surface area contributed by atoms with E-state index in [0.717, 1.165) is 6.20 Å². The maximum Gasteiger partial charge on any atom is 0.434 e. The quantitative estimate of drug-likeness (QED) is 0.466. The lowest BCUT2D eigenvalue weighted by Gasteiger charge is -2.18.